The second kappa shape index (κ2) is 10.8. The fourth-order valence-electron chi connectivity index (χ4n) is 2.48. The first kappa shape index (κ1) is 21.1. The topological polar surface area (TPSA) is 84.5 Å². The lowest BCUT2D eigenvalue weighted by atomic mass is 10.1. The van der Waals surface area contributed by atoms with Crippen LogP contribution < -0.4 is 15.4 Å². The van der Waals surface area contributed by atoms with Gasteiger partial charge >= 0.3 is 5.97 Å². The summed E-state index contributed by atoms with van der Waals surface area (Å²) in [6.45, 7) is 2.13. The summed E-state index contributed by atoms with van der Waals surface area (Å²) >= 11 is 0. The Morgan fingerprint density at radius 3 is 2.43 bits per heavy atom. The molecule has 0 unspecified atom stereocenters. The summed E-state index contributed by atoms with van der Waals surface area (Å²) < 4.78 is 17.8. The molecule has 0 atom stereocenters. The van der Waals surface area contributed by atoms with E-state index in [9.17, 15) is 18.8 Å². The third-order valence-electron chi connectivity index (χ3n) is 3.87. The van der Waals surface area contributed by atoms with Gasteiger partial charge in [-0.1, -0.05) is 18.2 Å². The van der Waals surface area contributed by atoms with Gasteiger partial charge in [0.05, 0.1) is 0 Å². The van der Waals surface area contributed by atoms with Gasteiger partial charge in [0.2, 0.25) is 5.91 Å². The molecule has 0 spiro atoms. The Hall–Kier alpha value is -3.22. The predicted octanol–water partition coefficient (Wildman–Crippen LogP) is 2.62. The zero-order valence-electron chi connectivity index (χ0n) is 15.7. The van der Waals surface area contributed by atoms with Crippen LogP contribution in [-0.2, 0) is 16.0 Å². The molecule has 0 heterocycles. The van der Waals surface area contributed by atoms with E-state index in [0.717, 1.165) is 5.56 Å². The second-order valence-corrected chi connectivity index (χ2v) is 6.21. The zero-order valence-corrected chi connectivity index (χ0v) is 15.7. The number of benzene rings is 2. The number of amides is 2. The highest BCUT2D eigenvalue weighted by Crippen LogP contribution is 2.13. The normalized spacial score (nSPS) is 10.2. The van der Waals surface area contributed by atoms with Crippen LogP contribution in [0.1, 0.15) is 35.7 Å². The number of halogens is 1. The molecule has 148 valence electrons. The van der Waals surface area contributed by atoms with Crippen LogP contribution in [0.2, 0.25) is 0 Å². The van der Waals surface area contributed by atoms with Crippen LogP contribution >= 0.6 is 0 Å². The van der Waals surface area contributed by atoms with E-state index < -0.39 is 5.97 Å². The Balaban J connectivity index is 1.63. The average molecular weight is 386 g/mol. The van der Waals surface area contributed by atoms with Crippen molar-refractivity contribution in [3.8, 4) is 5.75 Å². The number of hydrogen-bond donors (Lipinski definition) is 2. The van der Waals surface area contributed by atoms with E-state index in [2.05, 4.69) is 10.6 Å². The number of ether oxygens (including phenoxy) is 1. The molecule has 6 nitrogen and oxygen atoms in total. The molecule has 2 aromatic carbocycles. The molecular formula is C21H23FN2O4. The standard InChI is InChI=1S/C21H23FN2O4/c1-15(25)28-19-5-2-4-17(14-19)21(27)24-13-3-12-23-20(26)11-8-16-6-9-18(22)10-7-16/h2,4-7,9-10,14H,3,8,11-13H2,1H3,(H,23,26)(H,24,27). The Labute approximate surface area is 163 Å². The minimum atomic E-state index is -0.451. The van der Waals surface area contributed by atoms with Crippen molar-refractivity contribution in [1.29, 1.82) is 0 Å². The summed E-state index contributed by atoms with van der Waals surface area (Å²) in [5.41, 5.74) is 1.29. The Bertz CT molecular complexity index is 821. The number of aryl methyl sites for hydroxylation is 1. The first-order valence-electron chi connectivity index (χ1n) is 9.02. The van der Waals surface area contributed by atoms with Crippen molar-refractivity contribution >= 4 is 17.8 Å². The van der Waals surface area contributed by atoms with Crippen LogP contribution in [-0.4, -0.2) is 30.9 Å². The van der Waals surface area contributed by atoms with Crippen LogP contribution in [0.5, 0.6) is 5.75 Å². The van der Waals surface area contributed by atoms with Crippen molar-refractivity contribution in [2.24, 2.45) is 0 Å². The van der Waals surface area contributed by atoms with E-state index in [1.165, 1.54) is 25.1 Å². The highest BCUT2D eigenvalue weighted by atomic mass is 19.1. The average Bonchev–Trinajstić information content (AvgIpc) is 2.67. The van der Waals surface area contributed by atoms with Gasteiger partial charge in [-0.25, -0.2) is 4.39 Å². The number of nitrogens with one attached hydrogen (secondary N) is 2. The molecule has 0 radical (unpaired) electrons. The molecule has 2 N–H and O–H groups in total. The summed E-state index contributed by atoms with van der Waals surface area (Å²) in [5.74, 6) is -0.809. The van der Waals surface area contributed by atoms with Crippen molar-refractivity contribution in [2.45, 2.75) is 26.2 Å². The van der Waals surface area contributed by atoms with Crippen LogP contribution in [0, 0.1) is 5.82 Å². The van der Waals surface area contributed by atoms with E-state index in [1.807, 2.05) is 0 Å². The molecule has 7 heteroatoms. The third-order valence-corrected chi connectivity index (χ3v) is 3.87. The van der Waals surface area contributed by atoms with Crippen molar-refractivity contribution in [3.63, 3.8) is 0 Å². The Kier molecular flexibility index (Phi) is 8.14. The number of carbonyl (C=O) groups excluding carboxylic acids is 3. The fourth-order valence-corrected chi connectivity index (χ4v) is 2.48. The van der Waals surface area contributed by atoms with E-state index in [-0.39, 0.29) is 17.6 Å². The maximum absolute atomic E-state index is 12.8. The van der Waals surface area contributed by atoms with E-state index in [0.29, 0.717) is 43.7 Å². The third kappa shape index (κ3) is 7.57. The van der Waals surface area contributed by atoms with Crippen molar-refractivity contribution < 1.29 is 23.5 Å². The first-order valence-corrected chi connectivity index (χ1v) is 9.02. The SMILES string of the molecule is CC(=O)Oc1cccc(C(=O)NCCCNC(=O)CCc2ccc(F)cc2)c1. The highest BCUT2D eigenvalue weighted by molar-refractivity contribution is 5.94. The van der Waals surface area contributed by atoms with Crippen LogP contribution in [0.15, 0.2) is 48.5 Å². The maximum atomic E-state index is 12.8. The van der Waals surface area contributed by atoms with Gasteiger partial charge in [0, 0.05) is 32.0 Å². The summed E-state index contributed by atoms with van der Waals surface area (Å²) in [4.78, 5) is 34.9. The molecule has 0 aliphatic carbocycles. The molecule has 0 bridgehead atoms. The first-order chi connectivity index (χ1) is 13.4. The van der Waals surface area contributed by atoms with Crippen LogP contribution in [0.3, 0.4) is 0 Å². The lowest BCUT2D eigenvalue weighted by molar-refractivity contribution is -0.131. The van der Waals surface area contributed by atoms with E-state index >= 15 is 0 Å². The van der Waals surface area contributed by atoms with Gasteiger partial charge in [-0.2, -0.15) is 0 Å². The lowest BCUT2D eigenvalue weighted by Crippen LogP contribution is -2.30. The molecule has 0 saturated heterocycles. The van der Waals surface area contributed by atoms with Gasteiger partial charge in [-0.05, 0) is 48.7 Å². The van der Waals surface area contributed by atoms with Gasteiger partial charge in [-0.15, -0.1) is 0 Å². The van der Waals surface area contributed by atoms with Gasteiger partial charge in [-0.3, -0.25) is 14.4 Å². The molecule has 0 saturated carbocycles. The van der Waals surface area contributed by atoms with Crippen LogP contribution in [0.4, 0.5) is 4.39 Å². The summed E-state index contributed by atoms with van der Waals surface area (Å²) in [6.07, 6.45) is 1.44. The van der Waals surface area contributed by atoms with Gasteiger partial charge in [0.1, 0.15) is 11.6 Å². The van der Waals surface area contributed by atoms with E-state index in [1.54, 1.807) is 30.3 Å². The minimum absolute atomic E-state index is 0.0928. The van der Waals surface area contributed by atoms with Crippen LogP contribution in [0.25, 0.3) is 0 Å². The zero-order chi connectivity index (χ0) is 20.4. The molecular weight excluding hydrogens is 363 g/mol. The predicted molar refractivity (Wildman–Crippen MR) is 102 cm³/mol. The van der Waals surface area contributed by atoms with Gasteiger partial charge < -0.3 is 15.4 Å². The number of hydrogen-bond acceptors (Lipinski definition) is 4. The van der Waals surface area contributed by atoms with Crippen molar-refractivity contribution in [2.75, 3.05) is 13.1 Å². The quantitative estimate of drug-likeness (QED) is 0.394. The number of carbonyl (C=O) groups is 3. The van der Waals surface area contributed by atoms with Crippen molar-refractivity contribution in [3.05, 3.63) is 65.5 Å². The lowest BCUT2D eigenvalue weighted by Gasteiger charge is -2.08. The maximum Gasteiger partial charge on any atom is 0.308 e. The van der Waals surface area contributed by atoms with Gasteiger partial charge in [0.25, 0.3) is 5.91 Å². The smallest absolute Gasteiger partial charge is 0.308 e. The number of esters is 1. The Morgan fingerprint density at radius 2 is 1.71 bits per heavy atom. The number of rotatable bonds is 9. The summed E-state index contributed by atoms with van der Waals surface area (Å²) in [6, 6.07) is 12.4. The highest BCUT2D eigenvalue weighted by Gasteiger charge is 2.07. The van der Waals surface area contributed by atoms with Crippen molar-refractivity contribution in [1.82, 2.24) is 10.6 Å². The fraction of sp³-hybridized carbons (Fsp3) is 0.286. The molecule has 0 fully saturated rings. The molecule has 2 amide bonds. The molecule has 0 aliphatic rings. The van der Waals surface area contributed by atoms with Gasteiger partial charge in [0.15, 0.2) is 0 Å². The summed E-state index contributed by atoms with van der Waals surface area (Å²) in [7, 11) is 0. The monoisotopic (exact) mass is 386 g/mol. The minimum Gasteiger partial charge on any atom is -0.427 e. The second-order valence-electron chi connectivity index (χ2n) is 6.21. The Morgan fingerprint density at radius 1 is 1.00 bits per heavy atom. The molecule has 2 aromatic rings. The largest absolute Gasteiger partial charge is 0.427 e. The molecule has 28 heavy (non-hydrogen) atoms. The molecule has 0 aromatic heterocycles. The molecule has 0 aliphatic heterocycles. The molecule has 2 rings (SSSR count). The summed E-state index contributed by atoms with van der Waals surface area (Å²) in [5, 5.41) is 5.54. The van der Waals surface area contributed by atoms with E-state index in [4.69, 9.17) is 4.74 Å².